The van der Waals surface area contributed by atoms with Crippen molar-refractivity contribution in [1.82, 2.24) is 4.90 Å². The van der Waals surface area contributed by atoms with Crippen LogP contribution in [0.1, 0.15) is 32.1 Å². The molecule has 1 N–H and O–H groups in total. The van der Waals surface area contributed by atoms with E-state index in [1.54, 1.807) is 0 Å². The van der Waals surface area contributed by atoms with Gasteiger partial charge in [-0.05, 0) is 32.9 Å². The van der Waals surface area contributed by atoms with Crippen LogP contribution in [0, 0.1) is 5.92 Å². The summed E-state index contributed by atoms with van der Waals surface area (Å²) in [6.45, 7) is 0.317. The smallest absolute Gasteiger partial charge is 0.0589 e. The van der Waals surface area contributed by atoms with Crippen molar-refractivity contribution >= 4 is 0 Å². The molecule has 12 heavy (non-hydrogen) atoms. The normalized spacial score (nSPS) is 23.0. The zero-order chi connectivity index (χ0) is 8.97. The zero-order valence-electron chi connectivity index (χ0n) is 8.29. The topological polar surface area (TPSA) is 23.5 Å². The van der Waals surface area contributed by atoms with Crippen LogP contribution in [0.25, 0.3) is 0 Å². The molecule has 0 spiro atoms. The highest BCUT2D eigenvalue weighted by Gasteiger charge is 2.24. The zero-order valence-corrected chi connectivity index (χ0v) is 8.29. The predicted octanol–water partition coefficient (Wildman–Crippen LogP) is 1.49. The molecule has 1 aliphatic rings. The Morgan fingerprint density at radius 3 is 2.25 bits per heavy atom. The molecule has 0 amide bonds. The average molecular weight is 171 g/mol. The summed E-state index contributed by atoms with van der Waals surface area (Å²) in [4.78, 5) is 2.16. The second-order valence-electron chi connectivity index (χ2n) is 4.11. The van der Waals surface area contributed by atoms with Crippen molar-refractivity contribution in [3.63, 3.8) is 0 Å². The maximum absolute atomic E-state index is 9.21. The van der Waals surface area contributed by atoms with Crippen LogP contribution in [0.15, 0.2) is 0 Å². The quantitative estimate of drug-likeness (QED) is 0.695. The Labute approximate surface area is 75.6 Å². The van der Waals surface area contributed by atoms with Gasteiger partial charge in [-0.3, -0.25) is 0 Å². The van der Waals surface area contributed by atoms with Crippen LogP contribution in [0.3, 0.4) is 0 Å². The van der Waals surface area contributed by atoms with Gasteiger partial charge in [-0.2, -0.15) is 0 Å². The molecule has 1 unspecified atom stereocenters. The van der Waals surface area contributed by atoms with E-state index < -0.39 is 0 Å². The molecular formula is C10H21NO. The second kappa shape index (κ2) is 4.83. The van der Waals surface area contributed by atoms with E-state index >= 15 is 0 Å². The lowest BCUT2D eigenvalue weighted by atomic mass is 9.84. The molecule has 1 rings (SSSR count). The minimum absolute atomic E-state index is 0.317. The fourth-order valence-electron chi connectivity index (χ4n) is 2.25. The monoisotopic (exact) mass is 171 g/mol. The lowest BCUT2D eigenvalue weighted by Gasteiger charge is -2.33. The largest absolute Gasteiger partial charge is 0.395 e. The number of hydrogen-bond donors (Lipinski definition) is 1. The third-order valence-corrected chi connectivity index (χ3v) is 3.04. The van der Waals surface area contributed by atoms with Crippen LogP contribution in [0.4, 0.5) is 0 Å². The molecule has 1 fully saturated rings. The van der Waals surface area contributed by atoms with Crippen LogP contribution >= 0.6 is 0 Å². The molecule has 1 atom stereocenters. The molecule has 1 aliphatic carbocycles. The highest BCUT2D eigenvalue weighted by molar-refractivity contribution is 4.78. The van der Waals surface area contributed by atoms with E-state index in [4.69, 9.17) is 0 Å². The van der Waals surface area contributed by atoms with Gasteiger partial charge < -0.3 is 10.0 Å². The average Bonchev–Trinajstić information content (AvgIpc) is 2.07. The molecular weight excluding hydrogens is 150 g/mol. The lowest BCUT2D eigenvalue weighted by molar-refractivity contribution is 0.100. The summed E-state index contributed by atoms with van der Waals surface area (Å²) < 4.78 is 0. The van der Waals surface area contributed by atoms with Crippen molar-refractivity contribution in [3.8, 4) is 0 Å². The summed E-state index contributed by atoms with van der Waals surface area (Å²) in [5, 5.41) is 9.21. The highest BCUT2D eigenvalue weighted by atomic mass is 16.3. The van der Waals surface area contributed by atoms with Crippen LogP contribution in [-0.2, 0) is 0 Å². The van der Waals surface area contributed by atoms with Crippen molar-refractivity contribution < 1.29 is 5.11 Å². The number of hydrogen-bond acceptors (Lipinski definition) is 2. The van der Waals surface area contributed by atoms with Gasteiger partial charge in [-0.15, -0.1) is 0 Å². The third-order valence-electron chi connectivity index (χ3n) is 3.04. The standard InChI is InChI=1S/C10H21NO/c1-11(2)10(8-12)9-6-4-3-5-7-9/h9-10,12H,3-8H2,1-2H3. The highest BCUT2D eigenvalue weighted by Crippen LogP contribution is 2.27. The van der Waals surface area contributed by atoms with Gasteiger partial charge in [0.1, 0.15) is 0 Å². The molecule has 1 saturated carbocycles. The maximum Gasteiger partial charge on any atom is 0.0589 e. The fourth-order valence-corrected chi connectivity index (χ4v) is 2.25. The number of aliphatic hydroxyl groups is 1. The Morgan fingerprint density at radius 2 is 1.83 bits per heavy atom. The molecule has 72 valence electrons. The summed E-state index contributed by atoms with van der Waals surface area (Å²) in [5.41, 5.74) is 0. The molecule has 0 bridgehead atoms. The number of rotatable bonds is 3. The van der Waals surface area contributed by atoms with E-state index in [9.17, 15) is 5.11 Å². The summed E-state index contributed by atoms with van der Waals surface area (Å²) in [5.74, 6) is 0.735. The van der Waals surface area contributed by atoms with Gasteiger partial charge >= 0.3 is 0 Å². The summed E-state index contributed by atoms with van der Waals surface area (Å²) >= 11 is 0. The molecule has 2 nitrogen and oxygen atoms in total. The van der Waals surface area contributed by atoms with Gasteiger partial charge in [-0.1, -0.05) is 19.3 Å². The maximum atomic E-state index is 9.21. The molecule has 0 aromatic heterocycles. The molecule has 0 heterocycles. The van der Waals surface area contributed by atoms with Crippen molar-refractivity contribution in [3.05, 3.63) is 0 Å². The van der Waals surface area contributed by atoms with E-state index in [1.165, 1.54) is 32.1 Å². The first-order valence-corrected chi connectivity index (χ1v) is 5.03. The van der Waals surface area contributed by atoms with Crippen molar-refractivity contribution in [1.29, 1.82) is 0 Å². The van der Waals surface area contributed by atoms with E-state index in [-0.39, 0.29) is 0 Å². The minimum Gasteiger partial charge on any atom is -0.395 e. The first kappa shape index (κ1) is 10.0. The lowest BCUT2D eigenvalue weighted by Crippen LogP contribution is -2.39. The van der Waals surface area contributed by atoms with Crippen LogP contribution in [0.2, 0.25) is 0 Å². The summed E-state index contributed by atoms with van der Waals surface area (Å²) in [6.07, 6.45) is 6.72. The molecule has 2 heteroatoms. The molecule has 0 radical (unpaired) electrons. The second-order valence-corrected chi connectivity index (χ2v) is 4.11. The van der Waals surface area contributed by atoms with Crippen LogP contribution < -0.4 is 0 Å². The van der Waals surface area contributed by atoms with Gasteiger partial charge in [0.25, 0.3) is 0 Å². The van der Waals surface area contributed by atoms with Gasteiger partial charge in [0.15, 0.2) is 0 Å². The Kier molecular flexibility index (Phi) is 4.02. The number of likely N-dealkylation sites (N-methyl/N-ethyl adjacent to an activating group) is 1. The molecule has 0 aromatic rings. The molecule has 0 aliphatic heterocycles. The van der Waals surface area contributed by atoms with E-state index in [1.807, 2.05) is 0 Å². The summed E-state index contributed by atoms with van der Waals surface area (Å²) in [7, 11) is 4.13. The Bertz CT molecular complexity index is 119. The van der Waals surface area contributed by atoms with E-state index in [0.29, 0.717) is 12.6 Å². The first-order chi connectivity index (χ1) is 5.75. The number of aliphatic hydroxyl groups excluding tert-OH is 1. The Morgan fingerprint density at radius 1 is 1.25 bits per heavy atom. The SMILES string of the molecule is CN(C)C(CO)C1CCCCC1. The van der Waals surface area contributed by atoms with Gasteiger partial charge in [0, 0.05) is 6.04 Å². The molecule has 0 saturated heterocycles. The van der Waals surface area contributed by atoms with Crippen LogP contribution in [-0.4, -0.2) is 36.8 Å². The van der Waals surface area contributed by atoms with Gasteiger partial charge in [-0.25, -0.2) is 0 Å². The van der Waals surface area contributed by atoms with Crippen LogP contribution in [0.5, 0.6) is 0 Å². The number of nitrogens with zero attached hydrogens (tertiary/aromatic N) is 1. The predicted molar refractivity (Wildman–Crippen MR) is 51.1 cm³/mol. The van der Waals surface area contributed by atoms with Crippen molar-refractivity contribution in [2.75, 3.05) is 20.7 Å². The van der Waals surface area contributed by atoms with E-state index in [0.717, 1.165) is 5.92 Å². The fraction of sp³-hybridized carbons (Fsp3) is 1.00. The summed E-state index contributed by atoms with van der Waals surface area (Å²) in [6, 6.07) is 0.394. The van der Waals surface area contributed by atoms with Gasteiger partial charge in [0.05, 0.1) is 6.61 Å². The van der Waals surface area contributed by atoms with Gasteiger partial charge in [0.2, 0.25) is 0 Å². The molecule has 0 aromatic carbocycles. The Balaban J connectivity index is 2.40. The van der Waals surface area contributed by atoms with E-state index in [2.05, 4.69) is 19.0 Å². The Hall–Kier alpha value is -0.0800. The first-order valence-electron chi connectivity index (χ1n) is 5.03. The minimum atomic E-state index is 0.317. The van der Waals surface area contributed by atoms with Crippen molar-refractivity contribution in [2.45, 2.75) is 38.1 Å². The third kappa shape index (κ3) is 2.46. The van der Waals surface area contributed by atoms with Crippen molar-refractivity contribution in [2.24, 2.45) is 5.92 Å².